The Labute approximate surface area is 209 Å². The Hall–Kier alpha value is -3.07. The second-order valence-corrected chi connectivity index (χ2v) is 10.9. The lowest BCUT2D eigenvalue weighted by molar-refractivity contribution is -0.282. The number of rotatable bonds is 5. The summed E-state index contributed by atoms with van der Waals surface area (Å²) in [6, 6.07) is 3.10. The van der Waals surface area contributed by atoms with Crippen LogP contribution in [0.15, 0.2) is 46.0 Å². The van der Waals surface area contributed by atoms with Crippen molar-refractivity contribution in [1.29, 1.82) is 0 Å². The molecule has 194 valence electrons. The van der Waals surface area contributed by atoms with E-state index in [1.165, 1.54) is 32.0 Å². The van der Waals surface area contributed by atoms with E-state index in [0.717, 1.165) is 0 Å². The summed E-state index contributed by atoms with van der Waals surface area (Å²) in [4.78, 5) is 38.4. The lowest BCUT2D eigenvalue weighted by atomic mass is 9.49. The molecule has 3 aliphatic rings. The van der Waals surface area contributed by atoms with E-state index in [1.54, 1.807) is 12.1 Å². The summed E-state index contributed by atoms with van der Waals surface area (Å²) in [6.07, 6.45) is 5.18. The van der Waals surface area contributed by atoms with Crippen molar-refractivity contribution in [1.82, 2.24) is 0 Å². The highest BCUT2D eigenvalue weighted by atomic mass is 16.6. The summed E-state index contributed by atoms with van der Waals surface area (Å²) in [5.74, 6) is -1.84. The van der Waals surface area contributed by atoms with Crippen LogP contribution in [0.4, 0.5) is 0 Å². The SMILES string of the molecule is CC(=O)O[C@H]1CC[C@@H](C)[C@]23OC(C)(C)[C@H](C[C@H](OC(=O)c4ccoc4)[C@]12C)[C@H]3OC(=O)c1ccoc1. The first-order valence-corrected chi connectivity index (χ1v) is 12.3. The van der Waals surface area contributed by atoms with Gasteiger partial charge in [0, 0.05) is 12.8 Å². The van der Waals surface area contributed by atoms with Gasteiger partial charge in [0.1, 0.15) is 36.4 Å². The quantitative estimate of drug-likeness (QED) is 0.430. The lowest BCUT2D eigenvalue weighted by Crippen LogP contribution is -2.73. The van der Waals surface area contributed by atoms with Crippen molar-refractivity contribution in [3.8, 4) is 0 Å². The van der Waals surface area contributed by atoms with Gasteiger partial charge < -0.3 is 27.8 Å². The third kappa shape index (κ3) is 3.50. The monoisotopic (exact) mass is 500 g/mol. The number of carbonyl (C=O) groups excluding carboxylic acids is 3. The molecule has 2 aromatic rings. The molecule has 0 N–H and O–H groups in total. The van der Waals surface area contributed by atoms with E-state index in [1.807, 2.05) is 20.8 Å². The molecule has 36 heavy (non-hydrogen) atoms. The standard InChI is InChI=1S/C27H32O9/c1-15-6-7-20(33-16(2)28)26(5)21(34-23(29)17-8-10-31-13-17)12-19-22(27(15,26)36-25(19,3)4)35-24(30)18-9-11-32-14-18/h8-11,13-15,19-22H,6-7,12H2,1-5H3/t15-,19-,20+,21+,22-,26+,27-/m1/s1. The van der Waals surface area contributed by atoms with Crippen molar-refractivity contribution in [2.45, 2.75) is 83.4 Å². The van der Waals surface area contributed by atoms with Gasteiger partial charge in [-0.15, -0.1) is 0 Å². The molecule has 3 heterocycles. The molecular weight excluding hydrogens is 468 g/mol. The fourth-order valence-electron chi connectivity index (χ4n) is 6.93. The van der Waals surface area contributed by atoms with E-state index < -0.39 is 52.8 Å². The van der Waals surface area contributed by atoms with Crippen molar-refractivity contribution < 1.29 is 42.2 Å². The Balaban J connectivity index is 1.61. The number of carbonyl (C=O) groups is 3. The van der Waals surface area contributed by atoms with E-state index >= 15 is 0 Å². The van der Waals surface area contributed by atoms with Gasteiger partial charge in [0.25, 0.3) is 0 Å². The van der Waals surface area contributed by atoms with Gasteiger partial charge in [-0.25, -0.2) is 9.59 Å². The third-order valence-corrected chi connectivity index (χ3v) is 8.66. The summed E-state index contributed by atoms with van der Waals surface area (Å²) in [5.41, 5.74) is -2.17. The zero-order chi connectivity index (χ0) is 25.9. The van der Waals surface area contributed by atoms with Gasteiger partial charge in [-0.2, -0.15) is 0 Å². The Morgan fingerprint density at radius 3 is 2.06 bits per heavy atom. The van der Waals surface area contributed by atoms with Crippen LogP contribution in [0.5, 0.6) is 0 Å². The number of fused-ring (bicyclic) bond motifs is 1. The normalized spacial score (nSPS) is 36.5. The third-order valence-electron chi connectivity index (χ3n) is 8.66. The number of hydrogen-bond donors (Lipinski definition) is 0. The fraction of sp³-hybridized carbons (Fsp3) is 0.593. The molecule has 7 atom stereocenters. The molecule has 1 aliphatic heterocycles. The maximum atomic E-state index is 13.1. The molecule has 9 heteroatoms. The van der Waals surface area contributed by atoms with Crippen molar-refractivity contribution in [2.24, 2.45) is 17.3 Å². The number of furan rings is 2. The topological polar surface area (TPSA) is 114 Å². The van der Waals surface area contributed by atoms with Crippen LogP contribution in [0.2, 0.25) is 0 Å². The molecule has 0 amide bonds. The number of ether oxygens (including phenoxy) is 4. The van der Waals surface area contributed by atoms with Crippen LogP contribution in [0, 0.1) is 17.3 Å². The van der Waals surface area contributed by atoms with Crippen molar-refractivity contribution >= 4 is 17.9 Å². The minimum absolute atomic E-state index is 0.0869. The highest BCUT2D eigenvalue weighted by Gasteiger charge is 2.79. The Morgan fingerprint density at radius 2 is 1.50 bits per heavy atom. The molecular formula is C27H32O9. The molecule has 1 spiro atoms. The molecule has 3 fully saturated rings. The average Bonchev–Trinajstić information content (AvgIpc) is 3.55. The molecule has 9 nitrogen and oxygen atoms in total. The van der Waals surface area contributed by atoms with Gasteiger partial charge in [-0.05, 0) is 58.1 Å². The summed E-state index contributed by atoms with van der Waals surface area (Å²) < 4.78 is 35.3. The first kappa shape index (κ1) is 24.6. The van der Waals surface area contributed by atoms with Gasteiger partial charge in [0.2, 0.25) is 0 Å². The molecule has 0 unspecified atom stereocenters. The Morgan fingerprint density at radius 1 is 0.889 bits per heavy atom. The predicted octanol–water partition coefficient (Wildman–Crippen LogP) is 4.56. The molecule has 2 aliphatic carbocycles. The minimum Gasteiger partial charge on any atom is -0.472 e. The summed E-state index contributed by atoms with van der Waals surface area (Å²) in [6.45, 7) is 9.28. The van der Waals surface area contributed by atoms with E-state index in [0.29, 0.717) is 30.4 Å². The molecule has 0 radical (unpaired) electrons. The average molecular weight is 501 g/mol. The molecule has 0 aromatic carbocycles. The van der Waals surface area contributed by atoms with Crippen LogP contribution in [0.1, 0.15) is 74.6 Å². The van der Waals surface area contributed by atoms with Crippen LogP contribution < -0.4 is 0 Å². The van der Waals surface area contributed by atoms with E-state index in [-0.39, 0.29) is 11.8 Å². The predicted molar refractivity (Wildman–Crippen MR) is 124 cm³/mol. The second-order valence-electron chi connectivity index (χ2n) is 10.9. The fourth-order valence-corrected chi connectivity index (χ4v) is 6.93. The molecule has 2 bridgehead atoms. The molecule has 5 rings (SSSR count). The first-order chi connectivity index (χ1) is 17.0. The van der Waals surface area contributed by atoms with Gasteiger partial charge in [0.15, 0.2) is 0 Å². The van der Waals surface area contributed by atoms with Crippen LogP contribution in [-0.4, -0.2) is 47.4 Å². The Kier molecular flexibility index (Phi) is 5.82. The van der Waals surface area contributed by atoms with E-state index in [4.69, 9.17) is 27.8 Å². The van der Waals surface area contributed by atoms with Crippen LogP contribution in [0.25, 0.3) is 0 Å². The summed E-state index contributed by atoms with van der Waals surface area (Å²) in [7, 11) is 0. The van der Waals surface area contributed by atoms with Crippen LogP contribution in [-0.2, 0) is 23.7 Å². The van der Waals surface area contributed by atoms with Gasteiger partial charge in [-0.3, -0.25) is 4.79 Å². The second kappa shape index (κ2) is 8.50. The highest BCUT2D eigenvalue weighted by molar-refractivity contribution is 5.89. The zero-order valence-electron chi connectivity index (χ0n) is 21.1. The summed E-state index contributed by atoms with van der Waals surface area (Å²) in [5, 5.41) is 0. The minimum atomic E-state index is -1.07. The van der Waals surface area contributed by atoms with Gasteiger partial charge in [-0.1, -0.05) is 6.92 Å². The van der Waals surface area contributed by atoms with Gasteiger partial charge in [0.05, 0.1) is 34.7 Å². The largest absolute Gasteiger partial charge is 0.472 e. The Bertz CT molecular complexity index is 1130. The van der Waals surface area contributed by atoms with E-state index in [2.05, 4.69) is 6.92 Å². The molecule has 2 saturated carbocycles. The highest BCUT2D eigenvalue weighted by Crippen LogP contribution is 2.67. The molecule has 1 saturated heterocycles. The lowest BCUT2D eigenvalue weighted by Gasteiger charge is -2.61. The maximum Gasteiger partial charge on any atom is 0.341 e. The van der Waals surface area contributed by atoms with Gasteiger partial charge >= 0.3 is 17.9 Å². The van der Waals surface area contributed by atoms with E-state index in [9.17, 15) is 14.4 Å². The number of hydrogen-bond acceptors (Lipinski definition) is 9. The van der Waals surface area contributed by atoms with Crippen molar-refractivity contribution in [3.05, 3.63) is 48.3 Å². The first-order valence-electron chi connectivity index (χ1n) is 12.3. The summed E-state index contributed by atoms with van der Waals surface area (Å²) >= 11 is 0. The van der Waals surface area contributed by atoms with Crippen LogP contribution >= 0.6 is 0 Å². The van der Waals surface area contributed by atoms with Crippen LogP contribution in [0.3, 0.4) is 0 Å². The smallest absolute Gasteiger partial charge is 0.341 e. The molecule has 2 aromatic heterocycles. The van der Waals surface area contributed by atoms with Crippen molar-refractivity contribution in [3.63, 3.8) is 0 Å². The number of esters is 3. The zero-order valence-corrected chi connectivity index (χ0v) is 21.1. The van der Waals surface area contributed by atoms with Crippen molar-refractivity contribution in [2.75, 3.05) is 0 Å². The maximum absolute atomic E-state index is 13.1.